The molecule has 110 valence electrons. The molecule has 2 heterocycles. The second-order valence-electron chi connectivity index (χ2n) is 6.33. The zero-order valence-electron chi connectivity index (χ0n) is 12.4. The van der Waals surface area contributed by atoms with Gasteiger partial charge in [-0.05, 0) is 40.2 Å². The van der Waals surface area contributed by atoms with E-state index in [1.807, 2.05) is 7.05 Å². The van der Waals surface area contributed by atoms with Gasteiger partial charge in [-0.3, -0.25) is 9.69 Å². The third-order valence-electron chi connectivity index (χ3n) is 4.20. The van der Waals surface area contributed by atoms with E-state index in [0.717, 1.165) is 25.8 Å². The van der Waals surface area contributed by atoms with E-state index in [9.17, 15) is 4.79 Å². The van der Waals surface area contributed by atoms with Crippen molar-refractivity contribution in [3.05, 3.63) is 0 Å². The zero-order chi connectivity index (χ0) is 14.0. The number of hydrogen-bond donors (Lipinski definition) is 1. The molecule has 0 spiro atoms. The number of ether oxygens (including phenoxy) is 2. The molecular formula is C14H26N2O3. The minimum Gasteiger partial charge on any atom is -0.380 e. The van der Waals surface area contributed by atoms with Crippen LogP contribution in [-0.4, -0.2) is 61.9 Å². The van der Waals surface area contributed by atoms with Gasteiger partial charge in [0.15, 0.2) is 0 Å². The Balaban J connectivity index is 1.76. The molecule has 1 N–H and O–H groups in total. The highest BCUT2D eigenvalue weighted by molar-refractivity contribution is 5.82. The van der Waals surface area contributed by atoms with E-state index in [0.29, 0.717) is 6.54 Å². The minimum absolute atomic E-state index is 0.0410. The lowest BCUT2D eigenvalue weighted by Crippen LogP contribution is -2.44. The van der Waals surface area contributed by atoms with Gasteiger partial charge >= 0.3 is 0 Å². The zero-order valence-corrected chi connectivity index (χ0v) is 12.4. The number of amides is 1. The van der Waals surface area contributed by atoms with Gasteiger partial charge < -0.3 is 14.8 Å². The molecule has 3 atom stereocenters. The molecule has 5 heteroatoms. The van der Waals surface area contributed by atoms with Crippen molar-refractivity contribution in [3.8, 4) is 0 Å². The van der Waals surface area contributed by atoms with Gasteiger partial charge in [0.25, 0.3) is 0 Å². The Bertz CT molecular complexity index is 333. The summed E-state index contributed by atoms with van der Waals surface area (Å²) in [5.74, 6) is 0.0929. The van der Waals surface area contributed by atoms with Crippen LogP contribution >= 0.6 is 0 Å². The van der Waals surface area contributed by atoms with Crippen LogP contribution in [-0.2, 0) is 14.3 Å². The quantitative estimate of drug-likeness (QED) is 0.820. The first-order valence-electron chi connectivity index (χ1n) is 7.10. The Labute approximate surface area is 115 Å². The fraction of sp³-hybridized carbons (Fsp3) is 0.929. The molecule has 2 aliphatic heterocycles. The van der Waals surface area contributed by atoms with Gasteiger partial charge in [0.05, 0.1) is 23.9 Å². The maximum Gasteiger partial charge on any atom is 0.237 e. The van der Waals surface area contributed by atoms with Crippen LogP contribution in [0.5, 0.6) is 0 Å². The highest BCUT2D eigenvalue weighted by atomic mass is 16.5. The van der Waals surface area contributed by atoms with Crippen molar-refractivity contribution in [1.29, 1.82) is 0 Å². The summed E-state index contributed by atoms with van der Waals surface area (Å²) in [6, 6.07) is -0.0700. The SMILES string of the molecule is CO[C@H]1C[C@@H](C(=O)NCC2CCC(C)(C)O2)N(C)C1. The molecule has 0 aromatic carbocycles. The molecule has 5 nitrogen and oxygen atoms in total. The largest absolute Gasteiger partial charge is 0.380 e. The highest BCUT2D eigenvalue weighted by Gasteiger charge is 2.36. The highest BCUT2D eigenvalue weighted by Crippen LogP contribution is 2.28. The predicted molar refractivity (Wildman–Crippen MR) is 73.0 cm³/mol. The van der Waals surface area contributed by atoms with E-state index < -0.39 is 0 Å². The summed E-state index contributed by atoms with van der Waals surface area (Å²) in [7, 11) is 3.67. The van der Waals surface area contributed by atoms with Crippen molar-refractivity contribution in [2.75, 3.05) is 27.2 Å². The number of likely N-dealkylation sites (tertiary alicyclic amines) is 1. The van der Waals surface area contributed by atoms with Gasteiger partial charge in [-0.15, -0.1) is 0 Å². The number of rotatable bonds is 4. The molecular weight excluding hydrogens is 244 g/mol. The van der Waals surface area contributed by atoms with Crippen LogP contribution in [0.3, 0.4) is 0 Å². The first-order valence-corrected chi connectivity index (χ1v) is 7.10. The lowest BCUT2D eigenvalue weighted by Gasteiger charge is -2.21. The van der Waals surface area contributed by atoms with Crippen LogP contribution in [0, 0.1) is 0 Å². The van der Waals surface area contributed by atoms with E-state index in [2.05, 4.69) is 24.1 Å². The molecule has 0 aromatic heterocycles. The second kappa shape index (κ2) is 5.77. The fourth-order valence-electron chi connectivity index (χ4n) is 2.98. The van der Waals surface area contributed by atoms with Crippen molar-refractivity contribution >= 4 is 5.91 Å². The number of methoxy groups -OCH3 is 1. The van der Waals surface area contributed by atoms with Crippen LogP contribution in [0.25, 0.3) is 0 Å². The molecule has 0 aromatic rings. The van der Waals surface area contributed by atoms with Crippen LogP contribution in [0.2, 0.25) is 0 Å². The van der Waals surface area contributed by atoms with Crippen LogP contribution in [0.1, 0.15) is 33.1 Å². The number of nitrogens with one attached hydrogen (secondary N) is 1. The Morgan fingerprint density at radius 3 is 2.79 bits per heavy atom. The molecule has 19 heavy (non-hydrogen) atoms. The average Bonchev–Trinajstić information content (AvgIpc) is 2.89. The van der Waals surface area contributed by atoms with E-state index >= 15 is 0 Å². The maximum absolute atomic E-state index is 12.2. The molecule has 1 amide bonds. The Morgan fingerprint density at radius 2 is 2.26 bits per heavy atom. The van der Waals surface area contributed by atoms with Gasteiger partial charge in [-0.2, -0.15) is 0 Å². The molecule has 0 bridgehead atoms. The summed E-state index contributed by atoms with van der Waals surface area (Å²) in [6.45, 7) is 5.64. The lowest BCUT2D eigenvalue weighted by atomic mass is 10.1. The molecule has 2 saturated heterocycles. The van der Waals surface area contributed by atoms with Gasteiger partial charge in [0.1, 0.15) is 0 Å². The number of carbonyl (C=O) groups is 1. The summed E-state index contributed by atoms with van der Waals surface area (Å²) in [6.07, 6.45) is 3.18. The average molecular weight is 270 g/mol. The summed E-state index contributed by atoms with van der Waals surface area (Å²) in [5.41, 5.74) is -0.0410. The van der Waals surface area contributed by atoms with Crippen LogP contribution < -0.4 is 5.32 Å². The van der Waals surface area contributed by atoms with Gasteiger partial charge in [0.2, 0.25) is 5.91 Å². The van der Waals surface area contributed by atoms with E-state index in [1.54, 1.807) is 7.11 Å². The van der Waals surface area contributed by atoms with E-state index in [1.165, 1.54) is 0 Å². The topological polar surface area (TPSA) is 50.8 Å². The minimum atomic E-state index is -0.0700. The lowest BCUT2D eigenvalue weighted by molar-refractivity contribution is -0.126. The fourth-order valence-corrected chi connectivity index (χ4v) is 2.98. The number of nitrogens with zero attached hydrogens (tertiary/aromatic N) is 1. The first-order chi connectivity index (χ1) is 8.91. The monoisotopic (exact) mass is 270 g/mol. The number of hydrogen-bond acceptors (Lipinski definition) is 4. The van der Waals surface area contributed by atoms with Crippen molar-refractivity contribution in [2.24, 2.45) is 0 Å². The van der Waals surface area contributed by atoms with Gasteiger partial charge in [-0.25, -0.2) is 0 Å². The second-order valence-corrected chi connectivity index (χ2v) is 6.33. The normalized spacial score (nSPS) is 34.6. The van der Waals surface area contributed by atoms with E-state index in [-0.39, 0.29) is 29.8 Å². The summed E-state index contributed by atoms with van der Waals surface area (Å²) in [5, 5.41) is 3.02. The van der Waals surface area contributed by atoms with Crippen LogP contribution in [0.15, 0.2) is 0 Å². The number of carbonyl (C=O) groups excluding carboxylic acids is 1. The predicted octanol–water partition coefficient (Wildman–Crippen LogP) is 0.779. The molecule has 1 unspecified atom stereocenters. The molecule has 0 aliphatic carbocycles. The van der Waals surface area contributed by atoms with Gasteiger partial charge in [-0.1, -0.05) is 0 Å². The molecule has 2 aliphatic rings. The smallest absolute Gasteiger partial charge is 0.237 e. The van der Waals surface area contributed by atoms with Crippen LogP contribution in [0.4, 0.5) is 0 Å². The molecule has 2 rings (SSSR count). The van der Waals surface area contributed by atoms with E-state index in [4.69, 9.17) is 9.47 Å². The summed E-state index contributed by atoms with van der Waals surface area (Å²) < 4.78 is 11.2. The maximum atomic E-state index is 12.2. The Kier molecular flexibility index (Phi) is 4.48. The first kappa shape index (κ1) is 14.8. The molecule has 2 fully saturated rings. The molecule has 0 radical (unpaired) electrons. The number of likely N-dealkylation sites (N-methyl/N-ethyl adjacent to an activating group) is 1. The Hall–Kier alpha value is -0.650. The van der Waals surface area contributed by atoms with Gasteiger partial charge in [0, 0.05) is 20.2 Å². The third-order valence-corrected chi connectivity index (χ3v) is 4.20. The Morgan fingerprint density at radius 1 is 1.53 bits per heavy atom. The van der Waals surface area contributed by atoms with Crippen molar-refractivity contribution in [2.45, 2.75) is 57.0 Å². The summed E-state index contributed by atoms with van der Waals surface area (Å²) in [4.78, 5) is 14.2. The summed E-state index contributed by atoms with van der Waals surface area (Å²) >= 11 is 0. The molecule has 0 saturated carbocycles. The third kappa shape index (κ3) is 3.68. The van der Waals surface area contributed by atoms with Crippen molar-refractivity contribution < 1.29 is 14.3 Å². The standard InChI is InChI=1S/C14H26N2O3/c1-14(2)6-5-10(19-14)8-15-13(17)12-7-11(18-4)9-16(12)3/h10-12H,5-9H2,1-4H3,(H,15,17)/t10?,11-,12-/m0/s1. The van der Waals surface area contributed by atoms with Crippen molar-refractivity contribution in [1.82, 2.24) is 10.2 Å². The van der Waals surface area contributed by atoms with Crippen molar-refractivity contribution in [3.63, 3.8) is 0 Å².